The Kier molecular flexibility index (Phi) is 4.98. The zero-order valence-electron chi connectivity index (χ0n) is 11.3. The average Bonchev–Trinajstić information content (AvgIpc) is 2.48. The van der Waals surface area contributed by atoms with Gasteiger partial charge in [-0.3, -0.25) is 4.79 Å². The van der Waals surface area contributed by atoms with E-state index >= 15 is 0 Å². The van der Waals surface area contributed by atoms with Crippen molar-refractivity contribution in [2.75, 3.05) is 52.5 Å². The number of morpholine rings is 1. The number of carbonyl (C=O) groups is 2. The second-order valence-corrected chi connectivity index (χ2v) is 4.59. The molecule has 0 radical (unpaired) electrons. The van der Waals surface area contributed by atoms with E-state index in [1.807, 2.05) is 0 Å². The van der Waals surface area contributed by atoms with Gasteiger partial charge in [-0.1, -0.05) is 0 Å². The summed E-state index contributed by atoms with van der Waals surface area (Å²) >= 11 is 0. The number of nitrogens with one attached hydrogen (secondary N) is 1. The van der Waals surface area contributed by atoms with Crippen LogP contribution < -0.4 is 5.32 Å². The molecule has 2 amide bonds. The summed E-state index contributed by atoms with van der Waals surface area (Å²) in [5.74, 6) is -0.290. The number of hydrogen-bond acceptors (Lipinski definition) is 5. The Balaban J connectivity index is 1.89. The van der Waals surface area contributed by atoms with E-state index in [1.54, 1.807) is 16.7 Å². The first-order valence-electron chi connectivity index (χ1n) is 6.74. The monoisotopic (exact) mass is 271 g/mol. The van der Waals surface area contributed by atoms with E-state index in [2.05, 4.69) is 5.32 Å². The lowest BCUT2D eigenvalue weighted by molar-refractivity contribution is -0.146. The number of ether oxygens (including phenoxy) is 2. The normalized spacial score (nSPS) is 24.2. The lowest BCUT2D eigenvalue weighted by atomic mass is 10.2. The molecule has 0 aromatic rings. The summed E-state index contributed by atoms with van der Waals surface area (Å²) in [5.41, 5.74) is 0. The molecule has 1 N–H and O–H groups in total. The van der Waals surface area contributed by atoms with Crippen LogP contribution in [0, 0.1) is 0 Å². The van der Waals surface area contributed by atoms with Crippen molar-refractivity contribution in [3.8, 4) is 0 Å². The number of piperazine rings is 1. The van der Waals surface area contributed by atoms with Crippen LogP contribution in [0.2, 0.25) is 0 Å². The molecule has 0 aliphatic carbocycles. The first kappa shape index (κ1) is 14.1. The van der Waals surface area contributed by atoms with E-state index in [4.69, 9.17) is 9.47 Å². The lowest BCUT2D eigenvalue weighted by Gasteiger charge is -2.37. The van der Waals surface area contributed by atoms with Crippen molar-refractivity contribution in [1.82, 2.24) is 15.1 Å². The van der Waals surface area contributed by atoms with Crippen LogP contribution in [-0.4, -0.2) is 80.4 Å². The maximum Gasteiger partial charge on any atom is 0.324 e. The number of hydrogen-bond donors (Lipinski definition) is 1. The second kappa shape index (κ2) is 6.72. The fourth-order valence-corrected chi connectivity index (χ4v) is 2.28. The molecule has 2 aliphatic rings. The minimum atomic E-state index is -0.418. The van der Waals surface area contributed by atoms with Gasteiger partial charge >= 0.3 is 12.0 Å². The molecule has 1 atom stereocenters. The molecule has 2 aliphatic heterocycles. The van der Waals surface area contributed by atoms with Gasteiger partial charge in [-0.25, -0.2) is 4.79 Å². The van der Waals surface area contributed by atoms with Crippen molar-refractivity contribution in [3.05, 3.63) is 0 Å². The van der Waals surface area contributed by atoms with Crippen molar-refractivity contribution in [3.63, 3.8) is 0 Å². The average molecular weight is 271 g/mol. The Labute approximate surface area is 112 Å². The molecule has 7 nitrogen and oxygen atoms in total. The van der Waals surface area contributed by atoms with Gasteiger partial charge in [0.1, 0.15) is 6.04 Å². The minimum Gasteiger partial charge on any atom is -0.465 e. The number of amides is 2. The van der Waals surface area contributed by atoms with E-state index < -0.39 is 6.04 Å². The number of carbonyl (C=O) groups excluding carboxylic acids is 2. The van der Waals surface area contributed by atoms with Crippen LogP contribution in [0.15, 0.2) is 0 Å². The van der Waals surface area contributed by atoms with Gasteiger partial charge in [0.2, 0.25) is 0 Å². The van der Waals surface area contributed by atoms with E-state index in [0.29, 0.717) is 52.5 Å². The van der Waals surface area contributed by atoms with Gasteiger partial charge in [0.25, 0.3) is 0 Å². The Bertz CT molecular complexity index is 331. The van der Waals surface area contributed by atoms with Crippen LogP contribution in [0.1, 0.15) is 6.92 Å². The highest BCUT2D eigenvalue weighted by atomic mass is 16.5. The fraction of sp³-hybridized carbons (Fsp3) is 0.833. The summed E-state index contributed by atoms with van der Waals surface area (Å²) < 4.78 is 10.2. The van der Waals surface area contributed by atoms with Crippen LogP contribution in [0.4, 0.5) is 4.79 Å². The first-order valence-corrected chi connectivity index (χ1v) is 6.74. The molecule has 2 heterocycles. The Morgan fingerprint density at radius 1 is 1.26 bits per heavy atom. The van der Waals surface area contributed by atoms with Crippen molar-refractivity contribution in [2.24, 2.45) is 0 Å². The summed E-state index contributed by atoms with van der Waals surface area (Å²) in [6, 6.07) is -0.433. The van der Waals surface area contributed by atoms with Crippen molar-refractivity contribution >= 4 is 12.0 Å². The van der Waals surface area contributed by atoms with Crippen LogP contribution in [-0.2, 0) is 14.3 Å². The fourth-order valence-electron chi connectivity index (χ4n) is 2.28. The largest absolute Gasteiger partial charge is 0.465 e. The summed E-state index contributed by atoms with van der Waals surface area (Å²) in [4.78, 5) is 27.5. The molecule has 0 spiro atoms. The van der Waals surface area contributed by atoms with Crippen LogP contribution in [0.5, 0.6) is 0 Å². The first-order chi connectivity index (χ1) is 9.22. The molecule has 0 aromatic carbocycles. The summed E-state index contributed by atoms with van der Waals surface area (Å²) in [5, 5.41) is 3.08. The van der Waals surface area contributed by atoms with Crippen molar-refractivity contribution < 1.29 is 19.1 Å². The quantitative estimate of drug-likeness (QED) is 0.671. The molecule has 0 bridgehead atoms. The maximum absolute atomic E-state index is 12.3. The van der Waals surface area contributed by atoms with Crippen LogP contribution in [0.25, 0.3) is 0 Å². The third kappa shape index (κ3) is 3.57. The van der Waals surface area contributed by atoms with E-state index in [9.17, 15) is 9.59 Å². The molecule has 1 unspecified atom stereocenters. The molecule has 2 saturated heterocycles. The predicted octanol–water partition coefficient (Wildman–Crippen LogP) is -0.724. The molecular formula is C12H21N3O4. The number of urea groups is 1. The maximum atomic E-state index is 12.3. The number of esters is 1. The highest BCUT2D eigenvalue weighted by Crippen LogP contribution is 2.07. The standard InChI is InChI=1S/C12H21N3O4/c1-2-19-11(16)10-9-15(4-3-13-10)12(17)14-5-7-18-8-6-14/h10,13H,2-9H2,1H3. The number of rotatable bonds is 2. The summed E-state index contributed by atoms with van der Waals surface area (Å²) in [7, 11) is 0. The smallest absolute Gasteiger partial charge is 0.324 e. The van der Waals surface area contributed by atoms with Gasteiger partial charge < -0.3 is 24.6 Å². The minimum absolute atomic E-state index is 0.0147. The van der Waals surface area contributed by atoms with E-state index in [1.165, 1.54) is 0 Å². The summed E-state index contributed by atoms with van der Waals surface area (Å²) in [6.07, 6.45) is 0. The molecule has 0 saturated carbocycles. The van der Waals surface area contributed by atoms with Gasteiger partial charge in [-0.05, 0) is 6.92 Å². The van der Waals surface area contributed by atoms with Gasteiger partial charge in [-0.2, -0.15) is 0 Å². The van der Waals surface area contributed by atoms with Gasteiger partial charge in [0, 0.05) is 32.7 Å². The third-order valence-electron chi connectivity index (χ3n) is 3.30. The van der Waals surface area contributed by atoms with Crippen molar-refractivity contribution in [1.29, 1.82) is 0 Å². The third-order valence-corrected chi connectivity index (χ3v) is 3.30. The SMILES string of the molecule is CCOC(=O)C1CN(C(=O)N2CCOCC2)CCN1. The molecule has 2 rings (SSSR count). The van der Waals surface area contributed by atoms with Crippen LogP contribution in [0.3, 0.4) is 0 Å². The van der Waals surface area contributed by atoms with Gasteiger partial charge in [0.15, 0.2) is 0 Å². The van der Waals surface area contributed by atoms with E-state index in [0.717, 1.165) is 0 Å². The van der Waals surface area contributed by atoms with Gasteiger partial charge in [0.05, 0.1) is 19.8 Å². The molecule has 0 aromatic heterocycles. The van der Waals surface area contributed by atoms with E-state index in [-0.39, 0.29) is 12.0 Å². The Morgan fingerprint density at radius 3 is 2.68 bits per heavy atom. The second-order valence-electron chi connectivity index (χ2n) is 4.59. The number of nitrogens with zero attached hydrogens (tertiary/aromatic N) is 2. The molecular weight excluding hydrogens is 250 g/mol. The zero-order chi connectivity index (χ0) is 13.7. The molecule has 19 heavy (non-hydrogen) atoms. The van der Waals surface area contributed by atoms with Crippen LogP contribution >= 0.6 is 0 Å². The Hall–Kier alpha value is -1.34. The highest BCUT2D eigenvalue weighted by molar-refractivity contribution is 5.79. The molecule has 2 fully saturated rings. The summed E-state index contributed by atoms with van der Waals surface area (Å²) in [6.45, 7) is 6.13. The zero-order valence-corrected chi connectivity index (χ0v) is 11.3. The van der Waals surface area contributed by atoms with Crippen molar-refractivity contribution in [2.45, 2.75) is 13.0 Å². The molecule has 108 valence electrons. The lowest BCUT2D eigenvalue weighted by Crippen LogP contribution is -2.59. The van der Waals surface area contributed by atoms with Gasteiger partial charge in [-0.15, -0.1) is 0 Å². The Morgan fingerprint density at radius 2 is 2.00 bits per heavy atom. The molecule has 7 heteroatoms. The predicted molar refractivity (Wildman–Crippen MR) is 67.8 cm³/mol. The highest BCUT2D eigenvalue weighted by Gasteiger charge is 2.31. The topological polar surface area (TPSA) is 71.1 Å².